The lowest BCUT2D eigenvalue weighted by atomic mass is 9.89. The van der Waals surface area contributed by atoms with E-state index < -0.39 is 5.60 Å². The number of rotatable bonds is 2. The van der Waals surface area contributed by atoms with Gasteiger partial charge in [-0.1, -0.05) is 60.7 Å². The Morgan fingerprint density at radius 1 is 0.739 bits per heavy atom. The number of hydrogen-bond acceptors (Lipinski definition) is 2. The summed E-state index contributed by atoms with van der Waals surface area (Å²) in [5.74, 6) is 0. The van der Waals surface area contributed by atoms with Gasteiger partial charge in [0.2, 0.25) is 0 Å². The predicted molar refractivity (Wildman–Crippen MR) is 100 cm³/mol. The lowest BCUT2D eigenvalue weighted by molar-refractivity contribution is 0.0792. The predicted octanol–water partition coefficient (Wildman–Crippen LogP) is 5.95. The van der Waals surface area contributed by atoms with Crippen molar-refractivity contribution in [1.82, 2.24) is 0 Å². The Labute approximate surface area is 139 Å². The molecule has 4 aromatic rings. The highest BCUT2D eigenvalue weighted by molar-refractivity contribution is 7.26. The number of hydrogen-bond donors (Lipinski definition) is 1. The molecule has 0 saturated heterocycles. The number of aliphatic hydroxyl groups is 1. The third-order valence-corrected chi connectivity index (χ3v) is 5.50. The maximum atomic E-state index is 10.5. The monoisotopic (exact) mass is 318 g/mol. The van der Waals surface area contributed by atoms with Crippen LogP contribution < -0.4 is 0 Å². The van der Waals surface area contributed by atoms with Crippen LogP contribution in [-0.4, -0.2) is 5.11 Å². The molecule has 0 radical (unpaired) electrons. The van der Waals surface area contributed by atoms with Crippen molar-refractivity contribution in [3.05, 3.63) is 72.3 Å². The molecule has 114 valence electrons. The van der Waals surface area contributed by atoms with Crippen LogP contribution >= 0.6 is 11.3 Å². The molecule has 0 aliphatic heterocycles. The van der Waals surface area contributed by atoms with Crippen molar-refractivity contribution in [2.45, 2.75) is 19.4 Å². The first-order valence-electron chi connectivity index (χ1n) is 7.78. The van der Waals surface area contributed by atoms with E-state index >= 15 is 0 Å². The molecule has 0 spiro atoms. The largest absolute Gasteiger partial charge is 0.386 e. The molecule has 0 aliphatic rings. The number of benzene rings is 3. The summed E-state index contributed by atoms with van der Waals surface area (Å²) in [5, 5.41) is 13.1. The minimum Gasteiger partial charge on any atom is -0.386 e. The van der Waals surface area contributed by atoms with Crippen LogP contribution in [0.3, 0.4) is 0 Å². The molecule has 3 aromatic carbocycles. The average Bonchev–Trinajstić information content (AvgIpc) is 2.93. The maximum Gasteiger partial charge on any atom is 0.0846 e. The summed E-state index contributed by atoms with van der Waals surface area (Å²) in [5.41, 5.74) is 2.40. The SMILES string of the molecule is CC(C)(O)c1ccccc1-c1cccc2c1sc1ccccc12. The molecule has 0 atom stereocenters. The molecule has 1 N–H and O–H groups in total. The normalized spacial score (nSPS) is 12.1. The van der Waals surface area contributed by atoms with Crippen LogP contribution in [0.1, 0.15) is 19.4 Å². The Morgan fingerprint density at radius 2 is 1.39 bits per heavy atom. The minimum absolute atomic E-state index is 0.866. The van der Waals surface area contributed by atoms with Crippen molar-refractivity contribution in [2.24, 2.45) is 0 Å². The van der Waals surface area contributed by atoms with Gasteiger partial charge >= 0.3 is 0 Å². The van der Waals surface area contributed by atoms with E-state index in [-0.39, 0.29) is 0 Å². The second-order valence-corrected chi connectivity index (χ2v) is 7.44. The van der Waals surface area contributed by atoms with Gasteiger partial charge in [-0.3, -0.25) is 0 Å². The van der Waals surface area contributed by atoms with Crippen molar-refractivity contribution in [3.63, 3.8) is 0 Å². The van der Waals surface area contributed by atoms with Crippen LogP contribution in [0.4, 0.5) is 0 Å². The smallest absolute Gasteiger partial charge is 0.0846 e. The van der Waals surface area contributed by atoms with Gasteiger partial charge in [-0.15, -0.1) is 11.3 Å². The summed E-state index contributed by atoms with van der Waals surface area (Å²) in [6, 6.07) is 23.1. The Morgan fingerprint density at radius 3 is 2.22 bits per heavy atom. The van der Waals surface area contributed by atoms with Crippen LogP contribution in [0.5, 0.6) is 0 Å². The number of fused-ring (bicyclic) bond motifs is 3. The highest BCUT2D eigenvalue weighted by atomic mass is 32.1. The first-order valence-corrected chi connectivity index (χ1v) is 8.60. The number of thiophene rings is 1. The summed E-state index contributed by atoms with van der Waals surface area (Å²) in [6.45, 7) is 3.69. The lowest BCUT2D eigenvalue weighted by Crippen LogP contribution is -2.16. The fourth-order valence-electron chi connectivity index (χ4n) is 3.21. The van der Waals surface area contributed by atoms with Crippen LogP contribution in [0, 0.1) is 0 Å². The minimum atomic E-state index is -0.866. The molecule has 0 aliphatic carbocycles. The van der Waals surface area contributed by atoms with Crippen LogP contribution in [0.2, 0.25) is 0 Å². The van der Waals surface area contributed by atoms with Gasteiger partial charge in [0, 0.05) is 20.2 Å². The summed E-state index contributed by atoms with van der Waals surface area (Å²) in [4.78, 5) is 0. The van der Waals surface area contributed by atoms with E-state index in [1.54, 1.807) is 0 Å². The zero-order valence-electron chi connectivity index (χ0n) is 13.2. The highest BCUT2D eigenvalue weighted by Gasteiger charge is 2.21. The van der Waals surface area contributed by atoms with Crippen LogP contribution in [0.25, 0.3) is 31.3 Å². The molecule has 1 nitrogen and oxygen atoms in total. The molecule has 0 fully saturated rings. The van der Waals surface area contributed by atoms with Gasteiger partial charge in [0.15, 0.2) is 0 Å². The fraction of sp³-hybridized carbons (Fsp3) is 0.143. The zero-order valence-corrected chi connectivity index (χ0v) is 14.0. The first-order chi connectivity index (χ1) is 11.1. The molecule has 0 saturated carbocycles. The van der Waals surface area contributed by atoms with E-state index in [1.807, 2.05) is 43.4 Å². The summed E-state index contributed by atoms with van der Waals surface area (Å²) < 4.78 is 2.58. The summed E-state index contributed by atoms with van der Waals surface area (Å²) >= 11 is 1.82. The van der Waals surface area contributed by atoms with Gasteiger partial charge < -0.3 is 5.11 Å². The van der Waals surface area contributed by atoms with Gasteiger partial charge in [0.1, 0.15) is 0 Å². The molecule has 0 amide bonds. The maximum absolute atomic E-state index is 10.5. The van der Waals surface area contributed by atoms with Gasteiger partial charge in [0.25, 0.3) is 0 Å². The molecular weight excluding hydrogens is 300 g/mol. The molecule has 0 unspecified atom stereocenters. The van der Waals surface area contributed by atoms with Gasteiger partial charge in [-0.05, 0) is 36.6 Å². The molecule has 0 bridgehead atoms. The standard InChI is InChI=1S/C21H18OS/c1-21(2,22)18-12-5-3-8-14(18)16-10-7-11-17-15-9-4-6-13-19(15)23-20(16)17/h3-13,22H,1-2H3. The van der Waals surface area contributed by atoms with Crippen LogP contribution in [-0.2, 0) is 5.60 Å². The van der Waals surface area contributed by atoms with Crippen molar-refractivity contribution >= 4 is 31.5 Å². The molecule has 1 heterocycles. The van der Waals surface area contributed by atoms with E-state index in [4.69, 9.17) is 0 Å². The van der Waals surface area contributed by atoms with E-state index in [9.17, 15) is 5.11 Å². The topological polar surface area (TPSA) is 20.2 Å². The third-order valence-electron chi connectivity index (χ3n) is 4.28. The van der Waals surface area contributed by atoms with Crippen molar-refractivity contribution in [3.8, 4) is 11.1 Å². The van der Waals surface area contributed by atoms with Crippen molar-refractivity contribution < 1.29 is 5.11 Å². The Balaban J connectivity index is 2.08. The quantitative estimate of drug-likeness (QED) is 0.484. The van der Waals surface area contributed by atoms with E-state index in [1.165, 1.54) is 25.7 Å². The Kier molecular flexibility index (Phi) is 3.26. The van der Waals surface area contributed by atoms with E-state index in [0.29, 0.717) is 0 Å². The molecule has 2 heteroatoms. The molecule has 23 heavy (non-hydrogen) atoms. The lowest BCUT2D eigenvalue weighted by Gasteiger charge is -2.22. The zero-order chi connectivity index (χ0) is 16.0. The molecular formula is C21H18OS. The second kappa shape index (κ2) is 5.19. The highest BCUT2D eigenvalue weighted by Crippen LogP contribution is 2.42. The van der Waals surface area contributed by atoms with E-state index in [2.05, 4.69) is 48.5 Å². The average molecular weight is 318 g/mol. The van der Waals surface area contributed by atoms with Crippen molar-refractivity contribution in [1.29, 1.82) is 0 Å². The molecule has 4 rings (SSSR count). The first kappa shape index (κ1) is 14.4. The van der Waals surface area contributed by atoms with Gasteiger partial charge in [0.05, 0.1) is 5.60 Å². The fourth-order valence-corrected chi connectivity index (χ4v) is 4.44. The van der Waals surface area contributed by atoms with Gasteiger partial charge in [-0.25, -0.2) is 0 Å². The Hall–Kier alpha value is -2.16. The van der Waals surface area contributed by atoms with Crippen molar-refractivity contribution in [2.75, 3.05) is 0 Å². The molecule has 1 aromatic heterocycles. The third kappa shape index (κ3) is 2.35. The van der Waals surface area contributed by atoms with E-state index in [0.717, 1.165) is 11.1 Å². The summed E-state index contributed by atoms with van der Waals surface area (Å²) in [6.07, 6.45) is 0. The van der Waals surface area contributed by atoms with Crippen LogP contribution in [0.15, 0.2) is 66.7 Å². The Bertz CT molecular complexity index is 1010. The summed E-state index contributed by atoms with van der Waals surface area (Å²) in [7, 11) is 0. The van der Waals surface area contributed by atoms with Gasteiger partial charge in [-0.2, -0.15) is 0 Å². The second-order valence-electron chi connectivity index (χ2n) is 6.39.